The Morgan fingerprint density at radius 3 is 2.58 bits per heavy atom. The number of carbonyl (C=O) groups excluding carboxylic acids is 1. The summed E-state index contributed by atoms with van der Waals surface area (Å²) >= 11 is 0. The summed E-state index contributed by atoms with van der Waals surface area (Å²) < 4.78 is 50.6. The number of carbonyl (C=O) groups is 1. The van der Waals surface area contributed by atoms with Crippen LogP contribution < -0.4 is 25.4 Å². The molecule has 0 saturated heterocycles. The van der Waals surface area contributed by atoms with Gasteiger partial charge in [-0.3, -0.25) is 0 Å². The van der Waals surface area contributed by atoms with E-state index in [1.807, 2.05) is 0 Å². The molecular formula is C21H26F3N5O4. The molecule has 1 heterocycles. The first-order chi connectivity index (χ1) is 15.7. The van der Waals surface area contributed by atoms with Gasteiger partial charge in [-0.1, -0.05) is 0 Å². The average molecular weight is 469 g/mol. The van der Waals surface area contributed by atoms with Crippen molar-refractivity contribution < 1.29 is 32.5 Å². The van der Waals surface area contributed by atoms with Gasteiger partial charge in [-0.15, -0.1) is 0 Å². The van der Waals surface area contributed by atoms with E-state index in [1.54, 1.807) is 19.3 Å². The largest absolute Gasteiger partial charge is 0.494 e. The van der Waals surface area contributed by atoms with Crippen LogP contribution in [0.3, 0.4) is 0 Å². The van der Waals surface area contributed by atoms with Gasteiger partial charge in [0, 0.05) is 30.9 Å². The number of nitrogens with zero attached hydrogens (tertiary/aromatic N) is 2. The van der Waals surface area contributed by atoms with Crippen molar-refractivity contribution in [1.82, 2.24) is 15.3 Å². The molecule has 1 aromatic heterocycles. The number of aliphatic hydroxyl groups excluding tert-OH is 1. The minimum atomic E-state index is -4.64. The number of methoxy groups -OCH3 is 1. The highest BCUT2D eigenvalue weighted by Crippen LogP contribution is 2.38. The third-order valence-electron chi connectivity index (χ3n) is 5.27. The van der Waals surface area contributed by atoms with Crippen LogP contribution in [0.4, 0.5) is 29.6 Å². The lowest BCUT2D eigenvalue weighted by Crippen LogP contribution is -2.41. The molecule has 0 radical (unpaired) electrons. The van der Waals surface area contributed by atoms with Crippen molar-refractivity contribution in [2.45, 2.75) is 50.6 Å². The molecular weight excluding hydrogens is 443 g/mol. The highest BCUT2D eigenvalue weighted by molar-refractivity contribution is 5.91. The zero-order chi connectivity index (χ0) is 24.0. The molecule has 1 saturated carbocycles. The van der Waals surface area contributed by atoms with E-state index in [0.29, 0.717) is 37.5 Å². The second-order valence-corrected chi connectivity index (χ2v) is 7.53. The van der Waals surface area contributed by atoms with E-state index in [9.17, 15) is 23.1 Å². The molecule has 2 aromatic rings. The fraction of sp³-hybridized carbons (Fsp3) is 0.476. The number of aromatic nitrogens is 2. The summed E-state index contributed by atoms with van der Waals surface area (Å²) in [6, 6.07) is 2.42. The number of rotatable bonds is 7. The Kier molecular flexibility index (Phi) is 7.79. The quantitative estimate of drug-likeness (QED) is 0.490. The summed E-state index contributed by atoms with van der Waals surface area (Å²) in [6.45, 7) is -0.671. The van der Waals surface area contributed by atoms with Gasteiger partial charge in [-0.2, -0.15) is 18.2 Å². The number of amides is 2. The molecule has 9 nitrogen and oxygen atoms in total. The van der Waals surface area contributed by atoms with E-state index >= 15 is 0 Å². The number of hydrogen-bond acceptors (Lipinski definition) is 7. The summed E-state index contributed by atoms with van der Waals surface area (Å²) in [5.74, 6) is 0.886. The van der Waals surface area contributed by atoms with Crippen LogP contribution >= 0.6 is 0 Å². The fourth-order valence-electron chi connectivity index (χ4n) is 3.67. The minimum Gasteiger partial charge on any atom is -0.494 e. The van der Waals surface area contributed by atoms with Gasteiger partial charge in [0.1, 0.15) is 11.9 Å². The number of anilines is 2. The van der Waals surface area contributed by atoms with Crippen LogP contribution in [-0.2, 0) is 12.8 Å². The molecule has 2 amide bonds. The fourth-order valence-corrected chi connectivity index (χ4v) is 3.67. The molecule has 1 aliphatic carbocycles. The third-order valence-corrected chi connectivity index (χ3v) is 5.27. The summed E-state index contributed by atoms with van der Waals surface area (Å²) in [7, 11) is 2.96. The molecule has 4 N–H and O–H groups in total. The Hall–Kier alpha value is -3.28. The number of alkyl halides is 3. The van der Waals surface area contributed by atoms with Crippen molar-refractivity contribution in [2.24, 2.45) is 0 Å². The SMILES string of the molecule is CNc1nccc(OC2CCC(NC(=O)Nc3cc(C(F)(F)F)cc(CO)c3OC)CC2)n1. The molecule has 1 aromatic carbocycles. The van der Waals surface area contributed by atoms with E-state index in [0.717, 1.165) is 12.1 Å². The summed E-state index contributed by atoms with van der Waals surface area (Å²) in [5.41, 5.74) is -1.24. The van der Waals surface area contributed by atoms with Gasteiger partial charge in [-0.25, -0.2) is 9.78 Å². The number of halogens is 3. The zero-order valence-corrected chi connectivity index (χ0v) is 18.2. The van der Waals surface area contributed by atoms with E-state index in [1.165, 1.54) is 7.11 Å². The first-order valence-corrected chi connectivity index (χ1v) is 10.4. The highest BCUT2D eigenvalue weighted by Gasteiger charge is 2.33. The van der Waals surface area contributed by atoms with Gasteiger partial charge >= 0.3 is 12.2 Å². The predicted molar refractivity (Wildman–Crippen MR) is 114 cm³/mol. The van der Waals surface area contributed by atoms with Gasteiger partial charge in [-0.05, 0) is 37.8 Å². The van der Waals surface area contributed by atoms with E-state index in [4.69, 9.17) is 9.47 Å². The van der Waals surface area contributed by atoms with Crippen molar-refractivity contribution in [3.63, 3.8) is 0 Å². The van der Waals surface area contributed by atoms with Crippen molar-refractivity contribution in [3.05, 3.63) is 35.5 Å². The maximum absolute atomic E-state index is 13.2. The number of ether oxygens (including phenoxy) is 2. The molecule has 1 fully saturated rings. The normalized spacial score (nSPS) is 18.4. The molecule has 1 aliphatic rings. The van der Waals surface area contributed by atoms with Crippen molar-refractivity contribution in [3.8, 4) is 11.6 Å². The second kappa shape index (κ2) is 10.6. The molecule has 180 valence electrons. The monoisotopic (exact) mass is 469 g/mol. The van der Waals surface area contributed by atoms with Crippen LogP contribution in [0.5, 0.6) is 11.6 Å². The second-order valence-electron chi connectivity index (χ2n) is 7.53. The molecule has 3 rings (SSSR count). The van der Waals surface area contributed by atoms with Crippen molar-refractivity contribution in [2.75, 3.05) is 24.8 Å². The predicted octanol–water partition coefficient (Wildman–Crippen LogP) is 3.55. The van der Waals surface area contributed by atoms with Crippen LogP contribution in [0.15, 0.2) is 24.4 Å². The molecule has 0 spiro atoms. The Bertz CT molecular complexity index is 965. The topological polar surface area (TPSA) is 118 Å². The van der Waals surface area contributed by atoms with Crippen LogP contribution in [0.2, 0.25) is 0 Å². The molecule has 12 heteroatoms. The molecule has 33 heavy (non-hydrogen) atoms. The lowest BCUT2D eigenvalue weighted by atomic mass is 9.93. The summed E-state index contributed by atoms with van der Waals surface area (Å²) in [6.07, 6.45) is -0.513. The number of hydrogen-bond donors (Lipinski definition) is 4. The zero-order valence-electron chi connectivity index (χ0n) is 18.2. The number of urea groups is 1. The van der Waals surface area contributed by atoms with Gasteiger partial charge in [0.2, 0.25) is 11.8 Å². The van der Waals surface area contributed by atoms with Crippen LogP contribution in [0, 0.1) is 0 Å². The minimum absolute atomic E-state index is 0.0245. The number of benzene rings is 1. The highest BCUT2D eigenvalue weighted by atomic mass is 19.4. The van der Waals surface area contributed by atoms with Gasteiger partial charge in [0.15, 0.2) is 0 Å². The van der Waals surface area contributed by atoms with E-state index in [-0.39, 0.29) is 29.1 Å². The van der Waals surface area contributed by atoms with Crippen LogP contribution in [0.25, 0.3) is 0 Å². The maximum atomic E-state index is 13.2. The summed E-state index contributed by atoms with van der Waals surface area (Å²) in [5, 5.41) is 17.5. The van der Waals surface area contributed by atoms with Gasteiger partial charge in [0.05, 0.1) is 25.0 Å². The lowest BCUT2D eigenvalue weighted by Gasteiger charge is -2.29. The maximum Gasteiger partial charge on any atom is 0.416 e. The van der Waals surface area contributed by atoms with Crippen LogP contribution in [-0.4, -0.2) is 47.4 Å². The number of nitrogens with one attached hydrogen (secondary N) is 3. The third kappa shape index (κ3) is 6.37. The first-order valence-electron chi connectivity index (χ1n) is 10.4. The van der Waals surface area contributed by atoms with Crippen LogP contribution in [0.1, 0.15) is 36.8 Å². The molecule has 0 unspecified atom stereocenters. The standard InChI is InChI=1S/C21H26F3N5O4/c1-25-19-26-8-7-17(29-19)33-15-5-3-14(4-6-15)27-20(31)28-16-10-13(21(22,23)24)9-12(11-30)18(16)32-2/h7-10,14-15,30H,3-6,11H2,1-2H3,(H,25,26,29)(H2,27,28,31). The smallest absolute Gasteiger partial charge is 0.416 e. The lowest BCUT2D eigenvalue weighted by molar-refractivity contribution is -0.137. The Morgan fingerprint density at radius 2 is 1.97 bits per heavy atom. The Labute approximate surface area is 188 Å². The van der Waals surface area contributed by atoms with E-state index in [2.05, 4.69) is 25.9 Å². The molecule has 0 bridgehead atoms. The Morgan fingerprint density at radius 1 is 1.24 bits per heavy atom. The van der Waals surface area contributed by atoms with E-state index < -0.39 is 24.4 Å². The summed E-state index contributed by atoms with van der Waals surface area (Å²) in [4.78, 5) is 20.7. The molecule has 0 atom stereocenters. The first kappa shape index (κ1) is 24.4. The average Bonchev–Trinajstić information content (AvgIpc) is 2.79. The van der Waals surface area contributed by atoms with Crippen molar-refractivity contribution in [1.29, 1.82) is 0 Å². The van der Waals surface area contributed by atoms with Gasteiger partial charge < -0.3 is 30.5 Å². The van der Waals surface area contributed by atoms with Crippen molar-refractivity contribution >= 4 is 17.7 Å². The Balaban J connectivity index is 1.58. The molecule has 0 aliphatic heterocycles. The van der Waals surface area contributed by atoms with Gasteiger partial charge in [0.25, 0.3) is 0 Å². The number of aliphatic hydroxyl groups is 1.